The van der Waals surface area contributed by atoms with E-state index in [1.807, 2.05) is 43.1 Å². The van der Waals surface area contributed by atoms with Crippen molar-refractivity contribution in [1.82, 2.24) is 15.5 Å². The highest BCUT2D eigenvalue weighted by molar-refractivity contribution is 5.79. The number of carbonyl (C=O) groups excluding carboxylic acids is 2. The summed E-state index contributed by atoms with van der Waals surface area (Å²) in [6.07, 6.45) is 2.28. The summed E-state index contributed by atoms with van der Waals surface area (Å²) in [6.45, 7) is 4.53. The van der Waals surface area contributed by atoms with E-state index in [2.05, 4.69) is 10.6 Å². The molecule has 6 nitrogen and oxygen atoms in total. The Morgan fingerprint density at radius 1 is 1.29 bits per heavy atom. The molecule has 0 aromatic heterocycles. The first-order valence-corrected chi connectivity index (χ1v) is 8.55. The quantitative estimate of drug-likeness (QED) is 0.738. The molecule has 1 heterocycles. The second-order valence-electron chi connectivity index (χ2n) is 6.50. The standard InChI is InChI=1S/C18H28N4O2/c1-13-5-3-4-6-15(13)16(21-18(19)24)11-17(23)22-9-7-14(8-10-22)12-20-2/h3-6,14,16,20H,7-12H2,1-2H3,(H3,19,21,24). The van der Waals surface area contributed by atoms with Gasteiger partial charge in [-0.1, -0.05) is 24.3 Å². The fraction of sp³-hybridized carbons (Fsp3) is 0.556. The number of hydrogen-bond acceptors (Lipinski definition) is 3. The maximum Gasteiger partial charge on any atom is 0.312 e. The van der Waals surface area contributed by atoms with Gasteiger partial charge in [-0.25, -0.2) is 4.79 Å². The Balaban J connectivity index is 2.00. The Hall–Kier alpha value is -2.08. The minimum Gasteiger partial charge on any atom is -0.352 e. The topological polar surface area (TPSA) is 87.5 Å². The van der Waals surface area contributed by atoms with Crippen LogP contribution in [-0.4, -0.2) is 43.5 Å². The lowest BCUT2D eigenvalue weighted by Gasteiger charge is -2.33. The Bertz CT molecular complexity index is 568. The molecule has 0 aliphatic carbocycles. The molecule has 1 atom stereocenters. The minimum absolute atomic E-state index is 0.0694. The van der Waals surface area contributed by atoms with E-state index >= 15 is 0 Å². The SMILES string of the molecule is CNCC1CCN(C(=O)CC(NC(N)=O)c2ccccc2C)CC1. The molecule has 1 aromatic rings. The predicted octanol–water partition coefficient (Wildman–Crippen LogP) is 1.55. The summed E-state index contributed by atoms with van der Waals surface area (Å²) in [5, 5.41) is 5.92. The number of piperidine rings is 1. The molecule has 1 unspecified atom stereocenters. The number of amides is 3. The zero-order valence-electron chi connectivity index (χ0n) is 14.5. The summed E-state index contributed by atoms with van der Waals surface area (Å²) >= 11 is 0. The number of primary amides is 1. The van der Waals surface area contributed by atoms with Gasteiger partial charge in [0.05, 0.1) is 12.5 Å². The van der Waals surface area contributed by atoms with Crippen molar-refractivity contribution in [2.75, 3.05) is 26.7 Å². The normalized spacial score (nSPS) is 16.7. The maximum atomic E-state index is 12.7. The van der Waals surface area contributed by atoms with Crippen LogP contribution in [0.15, 0.2) is 24.3 Å². The minimum atomic E-state index is -0.608. The Labute approximate surface area is 143 Å². The van der Waals surface area contributed by atoms with Gasteiger partial charge in [0.2, 0.25) is 5.91 Å². The number of urea groups is 1. The molecule has 24 heavy (non-hydrogen) atoms. The van der Waals surface area contributed by atoms with Crippen LogP contribution >= 0.6 is 0 Å². The number of carbonyl (C=O) groups is 2. The lowest BCUT2D eigenvalue weighted by molar-refractivity contribution is -0.133. The summed E-state index contributed by atoms with van der Waals surface area (Å²) in [5.41, 5.74) is 7.28. The number of hydrogen-bond donors (Lipinski definition) is 3. The molecule has 1 aliphatic heterocycles. The fourth-order valence-electron chi connectivity index (χ4n) is 3.37. The molecule has 0 bridgehead atoms. The second-order valence-corrected chi connectivity index (χ2v) is 6.50. The molecule has 1 aliphatic rings. The van der Waals surface area contributed by atoms with Gasteiger partial charge in [0.15, 0.2) is 0 Å². The first-order valence-electron chi connectivity index (χ1n) is 8.55. The number of rotatable bonds is 6. The van der Waals surface area contributed by atoms with Crippen LogP contribution in [0, 0.1) is 12.8 Å². The first-order chi connectivity index (χ1) is 11.5. The van der Waals surface area contributed by atoms with E-state index in [1.165, 1.54) is 0 Å². The van der Waals surface area contributed by atoms with Crippen LogP contribution in [0.5, 0.6) is 0 Å². The number of aryl methyl sites for hydroxylation is 1. The summed E-state index contributed by atoms with van der Waals surface area (Å²) < 4.78 is 0. The molecular formula is C18H28N4O2. The predicted molar refractivity (Wildman–Crippen MR) is 94.5 cm³/mol. The van der Waals surface area contributed by atoms with E-state index in [0.29, 0.717) is 5.92 Å². The molecule has 132 valence electrons. The average Bonchev–Trinajstić information content (AvgIpc) is 2.55. The Morgan fingerprint density at radius 2 is 1.96 bits per heavy atom. The Kier molecular flexibility index (Phi) is 6.61. The molecule has 4 N–H and O–H groups in total. The van der Waals surface area contributed by atoms with Crippen molar-refractivity contribution >= 4 is 11.9 Å². The number of nitrogens with one attached hydrogen (secondary N) is 2. The lowest BCUT2D eigenvalue weighted by Crippen LogP contribution is -2.43. The third kappa shape index (κ3) is 4.96. The molecule has 1 saturated heterocycles. The molecule has 0 saturated carbocycles. The van der Waals surface area contributed by atoms with Crippen molar-refractivity contribution in [2.45, 2.75) is 32.2 Å². The molecule has 2 rings (SSSR count). The molecule has 1 fully saturated rings. The fourth-order valence-corrected chi connectivity index (χ4v) is 3.37. The molecule has 1 aromatic carbocycles. The monoisotopic (exact) mass is 332 g/mol. The zero-order valence-corrected chi connectivity index (χ0v) is 14.5. The zero-order chi connectivity index (χ0) is 17.5. The van der Waals surface area contributed by atoms with Crippen molar-refractivity contribution in [2.24, 2.45) is 11.7 Å². The molecule has 3 amide bonds. The van der Waals surface area contributed by atoms with Gasteiger partial charge in [0.1, 0.15) is 0 Å². The second kappa shape index (κ2) is 8.68. The summed E-state index contributed by atoms with van der Waals surface area (Å²) in [7, 11) is 1.96. The maximum absolute atomic E-state index is 12.7. The van der Waals surface area contributed by atoms with Crippen molar-refractivity contribution in [3.63, 3.8) is 0 Å². The van der Waals surface area contributed by atoms with Gasteiger partial charge in [0, 0.05) is 13.1 Å². The van der Waals surface area contributed by atoms with E-state index in [-0.39, 0.29) is 18.4 Å². The van der Waals surface area contributed by atoms with Crippen LogP contribution in [0.2, 0.25) is 0 Å². The van der Waals surface area contributed by atoms with E-state index in [0.717, 1.165) is 43.6 Å². The number of nitrogens with two attached hydrogens (primary N) is 1. The smallest absolute Gasteiger partial charge is 0.312 e. The van der Waals surface area contributed by atoms with E-state index in [1.54, 1.807) is 0 Å². The largest absolute Gasteiger partial charge is 0.352 e. The molecular weight excluding hydrogens is 304 g/mol. The molecule has 0 radical (unpaired) electrons. The van der Waals surface area contributed by atoms with Gasteiger partial charge >= 0.3 is 6.03 Å². The van der Waals surface area contributed by atoms with E-state index in [9.17, 15) is 9.59 Å². The number of nitrogens with zero attached hydrogens (tertiary/aromatic N) is 1. The van der Waals surface area contributed by atoms with Crippen LogP contribution < -0.4 is 16.4 Å². The summed E-state index contributed by atoms with van der Waals surface area (Å²) in [4.78, 5) is 25.9. The van der Waals surface area contributed by atoms with Crippen LogP contribution in [0.1, 0.15) is 36.4 Å². The third-order valence-electron chi connectivity index (χ3n) is 4.72. The van der Waals surface area contributed by atoms with Crippen molar-refractivity contribution < 1.29 is 9.59 Å². The van der Waals surface area contributed by atoms with Crippen LogP contribution in [0.25, 0.3) is 0 Å². The lowest BCUT2D eigenvalue weighted by atomic mass is 9.95. The van der Waals surface area contributed by atoms with Crippen LogP contribution in [0.4, 0.5) is 4.79 Å². The Morgan fingerprint density at radius 3 is 2.54 bits per heavy atom. The summed E-state index contributed by atoms with van der Waals surface area (Å²) in [6, 6.07) is 6.76. The van der Waals surface area contributed by atoms with Crippen molar-refractivity contribution in [3.8, 4) is 0 Å². The van der Waals surface area contributed by atoms with Crippen molar-refractivity contribution in [1.29, 1.82) is 0 Å². The first kappa shape index (κ1) is 18.3. The molecule has 6 heteroatoms. The molecule has 0 spiro atoms. The van der Waals surface area contributed by atoms with Gasteiger partial charge in [-0.05, 0) is 50.4 Å². The third-order valence-corrected chi connectivity index (χ3v) is 4.72. The van der Waals surface area contributed by atoms with Crippen molar-refractivity contribution in [3.05, 3.63) is 35.4 Å². The van der Waals surface area contributed by atoms with Gasteiger partial charge in [-0.3, -0.25) is 4.79 Å². The van der Waals surface area contributed by atoms with Gasteiger partial charge in [0.25, 0.3) is 0 Å². The summed E-state index contributed by atoms with van der Waals surface area (Å²) in [5.74, 6) is 0.704. The van der Waals surface area contributed by atoms with Crippen LogP contribution in [0.3, 0.4) is 0 Å². The highest BCUT2D eigenvalue weighted by Gasteiger charge is 2.26. The number of benzene rings is 1. The van der Waals surface area contributed by atoms with Crippen LogP contribution in [-0.2, 0) is 4.79 Å². The highest BCUT2D eigenvalue weighted by atomic mass is 16.2. The number of likely N-dealkylation sites (tertiary alicyclic amines) is 1. The van der Waals surface area contributed by atoms with E-state index < -0.39 is 6.03 Å². The highest BCUT2D eigenvalue weighted by Crippen LogP contribution is 2.23. The van der Waals surface area contributed by atoms with Gasteiger partial charge in [-0.15, -0.1) is 0 Å². The van der Waals surface area contributed by atoms with E-state index in [4.69, 9.17) is 5.73 Å². The van der Waals surface area contributed by atoms with Gasteiger partial charge in [-0.2, -0.15) is 0 Å². The average molecular weight is 332 g/mol. The van der Waals surface area contributed by atoms with Gasteiger partial charge < -0.3 is 21.3 Å².